The maximum atomic E-state index is 13.3. The molecule has 0 aliphatic heterocycles. The van der Waals surface area contributed by atoms with Gasteiger partial charge in [-0.15, -0.1) is 0 Å². The van der Waals surface area contributed by atoms with E-state index in [0.717, 1.165) is 16.4 Å². The largest absolute Gasteiger partial charge is 0.497 e. The van der Waals surface area contributed by atoms with Gasteiger partial charge in [-0.3, -0.25) is 9.10 Å². The molecule has 0 fully saturated rings. The number of rotatable bonds is 10. The van der Waals surface area contributed by atoms with Gasteiger partial charge in [-0.05, 0) is 61.7 Å². The van der Waals surface area contributed by atoms with Crippen molar-refractivity contribution in [1.82, 2.24) is 5.43 Å². The number of carbonyl (C=O) groups excluding carboxylic acids is 1. The second-order valence-electron chi connectivity index (χ2n) is 7.39. The molecule has 0 bridgehead atoms. The van der Waals surface area contributed by atoms with Crippen molar-refractivity contribution in [3.8, 4) is 5.75 Å². The standard InChI is InChI=1S/C25H27N3O4S/c1-20(13-14-21-9-5-3-6-10-21)26-27-25(29)19-28(22-15-17-23(32-2)18-16-22)33(30,31)24-11-7-4-8-12-24/h3-12,15-18H,13-14,19H2,1-2H3,(H,27,29). The Morgan fingerprint density at radius 2 is 1.55 bits per heavy atom. The van der Waals surface area contributed by atoms with Crippen molar-refractivity contribution in [2.75, 3.05) is 18.0 Å². The van der Waals surface area contributed by atoms with E-state index < -0.39 is 22.5 Å². The van der Waals surface area contributed by atoms with E-state index in [1.165, 1.54) is 24.8 Å². The predicted molar refractivity (Wildman–Crippen MR) is 130 cm³/mol. The van der Waals surface area contributed by atoms with Crippen LogP contribution in [0.5, 0.6) is 5.75 Å². The zero-order valence-electron chi connectivity index (χ0n) is 18.6. The van der Waals surface area contributed by atoms with Gasteiger partial charge in [0, 0.05) is 5.71 Å². The lowest BCUT2D eigenvalue weighted by Crippen LogP contribution is -2.39. The number of sulfonamides is 1. The first-order chi connectivity index (χ1) is 15.9. The molecule has 0 saturated carbocycles. The molecule has 0 atom stereocenters. The third-order valence-corrected chi connectivity index (χ3v) is 6.76. The van der Waals surface area contributed by atoms with Crippen LogP contribution in [0.15, 0.2) is 94.9 Å². The number of amides is 1. The average molecular weight is 466 g/mol. The van der Waals surface area contributed by atoms with Gasteiger partial charge in [0.15, 0.2) is 0 Å². The molecule has 3 rings (SSSR count). The zero-order chi connectivity index (χ0) is 23.7. The minimum Gasteiger partial charge on any atom is -0.497 e. The molecule has 0 aliphatic carbocycles. The SMILES string of the molecule is COc1ccc(N(CC(=O)NN=C(C)CCc2ccccc2)S(=O)(=O)c2ccccc2)cc1. The Kier molecular flexibility index (Phi) is 8.21. The van der Waals surface area contributed by atoms with Crippen LogP contribution < -0.4 is 14.5 Å². The normalized spacial score (nSPS) is 11.6. The third kappa shape index (κ3) is 6.66. The molecule has 172 valence electrons. The number of hydrogen-bond donors (Lipinski definition) is 1. The smallest absolute Gasteiger partial charge is 0.264 e. The van der Waals surface area contributed by atoms with Gasteiger partial charge < -0.3 is 4.74 Å². The maximum Gasteiger partial charge on any atom is 0.264 e. The number of hydrazone groups is 1. The van der Waals surface area contributed by atoms with E-state index in [2.05, 4.69) is 10.5 Å². The first kappa shape index (κ1) is 24.0. The van der Waals surface area contributed by atoms with Crippen LogP contribution in [0, 0.1) is 0 Å². The Bertz CT molecular complexity index is 1180. The molecule has 7 nitrogen and oxygen atoms in total. The molecule has 1 N–H and O–H groups in total. The Morgan fingerprint density at radius 1 is 0.939 bits per heavy atom. The molecule has 0 radical (unpaired) electrons. The molecule has 1 amide bonds. The Labute approximate surface area is 194 Å². The fraction of sp³-hybridized carbons (Fsp3) is 0.200. The van der Waals surface area contributed by atoms with Crippen LogP contribution in [0.3, 0.4) is 0 Å². The number of benzene rings is 3. The Balaban J connectivity index is 1.74. The van der Waals surface area contributed by atoms with Crippen molar-refractivity contribution in [1.29, 1.82) is 0 Å². The number of anilines is 1. The van der Waals surface area contributed by atoms with E-state index in [9.17, 15) is 13.2 Å². The number of hydrogen-bond acceptors (Lipinski definition) is 5. The molecular weight excluding hydrogens is 438 g/mol. The molecule has 3 aromatic carbocycles. The van der Waals surface area contributed by atoms with E-state index in [-0.39, 0.29) is 4.90 Å². The van der Waals surface area contributed by atoms with Gasteiger partial charge in [0.2, 0.25) is 0 Å². The number of aryl methyl sites for hydroxylation is 1. The lowest BCUT2D eigenvalue weighted by Gasteiger charge is -2.24. The van der Waals surface area contributed by atoms with Gasteiger partial charge in [-0.2, -0.15) is 5.10 Å². The van der Waals surface area contributed by atoms with Gasteiger partial charge in [-0.25, -0.2) is 13.8 Å². The summed E-state index contributed by atoms with van der Waals surface area (Å²) in [6.07, 6.45) is 1.47. The number of carbonyl (C=O) groups is 1. The quantitative estimate of drug-likeness (QED) is 0.362. The highest BCUT2D eigenvalue weighted by molar-refractivity contribution is 7.92. The summed E-state index contributed by atoms with van der Waals surface area (Å²) < 4.78 is 32.8. The van der Waals surface area contributed by atoms with Crippen molar-refractivity contribution in [3.63, 3.8) is 0 Å². The van der Waals surface area contributed by atoms with E-state index in [4.69, 9.17) is 4.74 Å². The average Bonchev–Trinajstić information content (AvgIpc) is 2.86. The van der Waals surface area contributed by atoms with Gasteiger partial charge in [-0.1, -0.05) is 48.5 Å². The highest BCUT2D eigenvalue weighted by atomic mass is 32.2. The van der Waals surface area contributed by atoms with Crippen LogP contribution in [0.25, 0.3) is 0 Å². The van der Waals surface area contributed by atoms with Crippen molar-refractivity contribution >= 4 is 27.3 Å². The highest BCUT2D eigenvalue weighted by Crippen LogP contribution is 2.25. The number of nitrogens with zero attached hydrogens (tertiary/aromatic N) is 2. The number of methoxy groups -OCH3 is 1. The fourth-order valence-corrected chi connectivity index (χ4v) is 4.57. The molecule has 0 spiro atoms. The second-order valence-corrected chi connectivity index (χ2v) is 9.25. The Hall–Kier alpha value is -3.65. The van der Waals surface area contributed by atoms with E-state index in [1.807, 2.05) is 37.3 Å². The summed E-state index contributed by atoms with van der Waals surface area (Å²) in [6.45, 7) is 1.41. The van der Waals surface area contributed by atoms with Gasteiger partial charge in [0.1, 0.15) is 12.3 Å². The monoisotopic (exact) mass is 465 g/mol. The molecule has 0 heterocycles. The van der Waals surface area contributed by atoms with Gasteiger partial charge in [0.25, 0.3) is 15.9 Å². The first-order valence-corrected chi connectivity index (χ1v) is 11.9. The highest BCUT2D eigenvalue weighted by Gasteiger charge is 2.27. The molecule has 8 heteroatoms. The van der Waals surface area contributed by atoms with E-state index in [0.29, 0.717) is 17.9 Å². The van der Waals surface area contributed by atoms with E-state index in [1.54, 1.807) is 42.5 Å². The summed E-state index contributed by atoms with van der Waals surface area (Å²) in [4.78, 5) is 12.8. The topological polar surface area (TPSA) is 88.1 Å². The summed E-state index contributed by atoms with van der Waals surface area (Å²) in [7, 11) is -2.44. The van der Waals surface area contributed by atoms with E-state index >= 15 is 0 Å². The molecule has 33 heavy (non-hydrogen) atoms. The number of nitrogens with one attached hydrogen (secondary N) is 1. The molecule has 3 aromatic rings. The van der Waals surface area contributed by atoms with Crippen molar-refractivity contribution in [3.05, 3.63) is 90.5 Å². The second kappa shape index (κ2) is 11.3. The maximum absolute atomic E-state index is 13.3. The van der Waals surface area contributed by atoms with Gasteiger partial charge >= 0.3 is 0 Å². The lowest BCUT2D eigenvalue weighted by atomic mass is 10.1. The molecular formula is C25H27N3O4S. The zero-order valence-corrected chi connectivity index (χ0v) is 19.5. The minimum atomic E-state index is -3.97. The van der Waals surface area contributed by atoms with Crippen LogP contribution in [-0.2, 0) is 21.2 Å². The molecule has 0 unspecified atom stereocenters. The first-order valence-electron chi connectivity index (χ1n) is 10.5. The predicted octanol–water partition coefficient (Wildman–Crippen LogP) is 4.02. The summed E-state index contributed by atoms with van der Waals surface area (Å²) in [6, 6.07) is 24.5. The minimum absolute atomic E-state index is 0.0937. The van der Waals surface area contributed by atoms with Crippen LogP contribution >= 0.6 is 0 Å². The van der Waals surface area contributed by atoms with Crippen LogP contribution in [0.2, 0.25) is 0 Å². The summed E-state index contributed by atoms with van der Waals surface area (Å²) >= 11 is 0. The summed E-state index contributed by atoms with van der Waals surface area (Å²) in [5.41, 5.74) is 4.75. The lowest BCUT2D eigenvalue weighted by molar-refractivity contribution is -0.119. The fourth-order valence-electron chi connectivity index (χ4n) is 3.13. The van der Waals surface area contributed by atoms with Crippen molar-refractivity contribution < 1.29 is 17.9 Å². The molecule has 0 aliphatic rings. The summed E-state index contributed by atoms with van der Waals surface area (Å²) in [5, 5.41) is 4.14. The Morgan fingerprint density at radius 3 is 2.15 bits per heavy atom. The molecule has 0 aromatic heterocycles. The van der Waals surface area contributed by atoms with Crippen LogP contribution in [0.1, 0.15) is 18.9 Å². The van der Waals surface area contributed by atoms with Gasteiger partial charge in [0.05, 0.1) is 17.7 Å². The number of ether oxygens (including phenoxy) is 1. The van der Waals surface area contributed by atoms with Crippen LogP contribution in [-0.4, -0.2) is 33.7 Å². The van der Waals surface area contributed by atoms with Crippen molar-refractivity contribution in [2.45, 2.75) is 24.7 Å². The van der Waals surface area contributed by atoms with Crippen LogP contribution in [0.4, 0.5) is 5.69 Å². The van der Waals surface area contributed by atoms with Crippen molar-refractivity contribution in [2.24, 2.45) is 5.10 Å². The third-order valence-electron chi connectivity index (χ3n) is 4.97. The molecule has 0 saturated heterocycles. The summed E-state index contributed by atoms with van der Waals surface area (Å²) in [5.74, 6) is 0.0447.